The summed E-state index contributed by atoms with van der Waals surface area (Å²) in [5.41, 5.74) is 5.62. The number of aryl methyl sites for hydroxylation is 1. The van der Waals surface area contributed by atoms with Gasteiger partial charge in [0.1, 0.15) is 0 Å². The van der Waals surface area contributed by atoms with Crippen molar-refractivity contribution in [3.63, 3.8) is 0 Å². The Kier molecular flexibility index (Phi) is 3.66. The standard InChI is InChI=1S/C12H13.Hf/c1-3-10-7-11-6-4-5-9(2)12(11)8-10;/h4-8H,3H2,1-2H3;. The quantitative estimate of drug-likeness (QED) is 0.690. The molecule has 0 N–H and O–H groups in total. The predicted molar refractivity (Wildman–Crippen MR) is 52.8 cm³/mol. The summed E-state index contributed by atoms with van der Waals surface area (Å²) in [5, 5.41) is 0. The van der Waals surface area contributed by atoms with Crippen LogP contribution in [0.1, 0.15) is 30.0 Å². The van der Waals surface area contributed by atoms with Gasteiger partial charge in [-0.25, -0.2) is 0 Å². The van der Waals surface area contributed by atoms with Crippen LogP contribution in [0.5, 0.6) is 0 Å². The Bertz CT molecular complexity index is 337. The van der Waals surface area contributed by atoms with Gasteiger partial charge in [0.2, 0.25) is 0 Å². The largest absolute Gasteiger partial charge is 0.0617 e. The number of allylic oxidation sites excluding steroid dienone is 1. The van der Waals surface area contributed by atoms with Gasteiger partial charge in [-0.3, -0.25) is 0 Å². The van der Waals surface area contributed by atoms with Crippen LogP contribution < -0.4 is 0 Å². The maximum atomic E-state index is 2.30. The van der Waals surface area contributed by atoms with E-state index in [-0.39, 0.29) is 25.8 Å². The van der Waals surface area contributed by atoms with Crippen LogP contribution in [-0.4, -0.2) is 0 Å². The van der Waals surface area contributed by atoms with Crippen LogP contribution in [0.15, 0.2) is 23.8 Å². The van der Waals surface area contributed by atoms with Crippen LogP contribution in [0.25, 0.3) is 6.08 Å². The van der Waals surface area contributed by atoms with E-state index in [2.05, 4.69) is 44.5 Å². The van der Waals surface area contributed by atoms with Crippen molar-refractivity contribution in [2.75, 3.05) is 0 Å². The zero-order chi connectivity index (χ0) is 8.55. The van der Waals surface area contributed by atoms with Crippen LogP contribution in [0.4, 0.5) is 0 Å². The molecule has 1 aliphatic carbocycles. The van der Waals surface area contributed by atoms with Gasteiger partial charge in [-0.1, -0.05) is 36.8 Å². The monoisotopic (exact) mass is 337 g/mol. The molecule has 0 saturated carbocycles. The molecule has 0 nitrogen and oxygen atoms in total. The SMILES string of the molecule is CCC1=Cc2c(C)cccc2[CH]1.[Hf]. The second-order valence-corrected chi connectivity index (χ2v) is 3.29. The van der Waals surface area contributed by atoms with E-state index in [0.29, 0.717) is 0 Å². The fraction of sp³-hybridized carbons (Fsp3) is 0.250. The minimum absolute atomic E-state index is 0. The van der Waals surface area contributed by atoms with E-state index in [1.807, 2.05) is 0 Å². The Hall–Kier alpha value is -0.170. The zero-order valence-corrected chi connectivity index (χ0v) is 11.7. The van der Waals surface area contributed by atoms with Crippen molar-refractivity contribution in [2.24, 2.45) is 0 Å². The van der Waals surface area contributed by atoms with Crippen molar-refractivity contribution >= 4 is 6.08 Å². The molecular weight excluding hydrogens is 323 g/mol. The van der Waals surface area contributed by atoms with Gasteiger partial charge in [0, 0.05) is 32.3 Å². The van der Waals surface area contributed by atoms with Crippen molar-refractivity contribution in [3.8, 4) is 0 Å². The molecule has 0 aliphatic heterocycles. The Balaban J connectivity index is 0.000000845. The van der Waals surface area contributed by atoms with Crippen LogP contribution in [0.3, 0.4) is 0 Å². The average molecular weight is 336 g/mol. The zero-order valence-electron chi connectivity index (χ0n) is 8.09. The van der Waals surface area contributed by atoms with E-state index < -0.39 is 0 Å². The molecule has 13 heavy (non-hydrogen) atoms. The van der Waals surface area contributed by atoms with Gasteiger partial charge in [0.25, 0.3) is 0 Å². The van der Waals surface area contributed by atoms with Gasteiger partial charge in [-0.15, -0.1) is 0 Å². The summed E-state index contributed by atoms with van der Waals surface area (Å²) in [4.78, 5) is 0. The minimum Gasteiger partial charge on any atom is -0.0617 e. The number of hydrogen-bond donors (Lipinski definition) is 0. The molecule has 2 rings (SSSR count). The Morgan fingerprint density at radius 1 is 1.23 bits per heavy atom. The van der Waals surface area contributed by atoms with E-state index in [4.69, 9.17) is 0 Å². The molecule has 1 heteroatoms. The topological polar surface area (TPSA) is 0 Å². The van der Waals surface area contributed by atoms with Crippen LogP contribution in [-0.2, 0) is 25.8 Å². The summed E-state index contributed by atoms with van der Waals surface area (Å²) in [5.74, 6) is 0. The molecule has 65 valence electrons. The molecule has 0 bridgehead atoms. The van der Waals surface area contributed by atoms with Gasteiger partial charge in [0.15, 0.2) is 0 Å². The molecule has 1 radical (unpaired) electrons. The van der Waals surface area contributed by atoms with Crippen LogP contribution in [0.2, 0.25) is 0 Å². The number of hydrogen-bond acceptors (Lipinski definition) is 0. The van der Waals surface area contributed by atoms with Crippen molar-refractivity contribution in [3.05, 3.63) is 46.9 Å². The molecule has 0 amide bonds. The van der Waals surface area contributed by atoms with Gasteiger partial charge in [-0.2, -0.15) is 0 Å². The fourth-order valence-corrected chi connectivity index (χ4v) is 1.66. The molecule has 0 unspecified atom stereocenters. The average Bonchev–Trinajstić information content (AvgIpc) is 2.49. The maximum absolute atomic E-state index is 2.30. The number of fused-ring (bicyclic) bond motifs is 1. The van der Waals surface area contributed by atoms with Gasteiger partial charge >= 0.3 is 0 Å². The second-order valence-electron chi connectivity index (χ2n) is 3.29. The van der Waals surface area contributed by atoms with Crippen molar-refractivity contribution < 1.29 is 25.8 Å². The summed E-state index contributed by atoms with van der Waals surface area (Å²) in [7, 11) is 0. The summed E-state index contributed by atoms with van der Waals surface area (Å²) in [6, 6.07) is 6.47. The van der Waals surface area contributed by atoms with E-state index in [0.717, 1.165) is 6.42 Å². The molecule has 0 saturated heterocycles. The smallest absolute Gasteiger partial charge is 0.0164 e. The molecule has 1 aromatic carbocycles. The molecule has 0 atom stereocenters. The van der Waals surface area contributed by atoms with E-state index >= 15 is 0 Å². The van der Waals surface area contributed by atoms with Gasteiger partial charge < -0.3 is 0 Å². The van der Waals surface area contributed by atoms with Crippen molar-refractivity contribution in [1.82, 2.24) is 0 Å². The summed E-state index contributed by atoms with van der Waals surface area (Å²) in [6.45, 7) is 4.37. The minimum atomic E-state index is 0. The van der Waals surface area contributed by atoms with Crippen LogP contribution >= 0.6 is 0 Å². The first-order chi connectivity index (χ1) is 5.81. The Morgan fingerprint density at radius 2 is 2.00 bits per heavy atom. The van der Waals surface area contributed by atoms with E-state index in [1.54, 1.807) is 0 Å². The van der Waals surface area contributed by atoms with Crippen LogP contribution in [0, 0.1) is 13.3 Å². The third-order valence-corrected chi connectivity index (χ3v) is 2.44. The molecule has 1 aromatic rings. The van der Waals surface area contributed by atoms with E-state index in [9.17, 15) is 0 Å². The second kappa shape index (κ2) is 4.36. The molecule has 0 aromatic heterocycles. The molecule has 0 spiro atoms. The third kappa shape index (κ3) is 2.01. The first kappa shape index (κ1) is 10.9. The number of rotatable bonds is 1. The summed E-state index contributed by atoms with van der Waals surface area (Å²) >= 11 is 0. The van der Waals surface area contributed by atoms with E-state index in [1.165, 1.54) is 22.3 Å². The predicted octanol–water partition coefficient (Wildman–Crippen LogP) is 3.35. The first-order valence-corrected chi connectivity index (χ1v) is 4.46. The molecule has 0 heterocycles. The molecule has 1 aliphatic rings. The van der Waals surface area contributed by atoms with Crippen molar-refractivity contribution in [1.29, 1.82) is 0 Å². The summed E-state index contributed by atoms with van der Waals surface area (Å²) < 4.78 is 0. The fourth-order valence-electron chi connectivity index (χ4n) is 1.66. The third-order valence-electron chi connectivity index (χ3n) is 2.44. The Labute approximate surface area is 98.8 Å². The van der Waals surface area contributed by atoms with Crippen molar-refractivity contribution in [2.45, 2.75) is 20.3 Å². The summed E-state index contributed by atoms with van der Waals surface area (Å²) in [6.07, 6.45) is 5.71. The Morgan fingerprint density at radius 3 is 2.62 bits per heavy atom. The molecular formula is C12H13Hf. The van der Waals surface area contributed by atoms with Gasteiger partial charge in [0.05, 0.1) is 0 Å². The molecule has 0 fully saturated rings. The first-order valence-electron chi connectivity index (χ1n) is 4.46. The number of benzene rings is 1. The maximum Gasteiger partial charge on any atom is 0.0164 e. The normalized spacial score (nSPS) is 13.2. The van der Waals surface area contributed by atoms with Gasteiger partial charge in [-0.05, 0) is 30.0 Å².